The lowest BCUT2D eigenvalue weighted by atomic mass is 9.95. The minimum Gasteiger partial charge on any atom is -0.390 e. The highest BCUT2D eigenvalue weighted by Crippen LogP contribution is 2.26. The molecule has 0 bridgehead atoms. The summed E-state index contributed by atoms with van der Waals surface area (Å²) >= 11 is 1.09. The van der Waals surface area contributed by atoms with Crippen LogP contribution < -0.4 is 0 Å². The molecule has 2 heterocycles. The molecule has 1 aromatic heterocycles. The van der Waals surface area contributed by atoms with Gasteiger partial charge in [0.2, 0.25) is 10.0 Å². The molecule has 0 unspecified atom stereocenters. The summed E-state index contributed by atoms with van der Waals surface area (Å²) in [4.78, 5) is 0. The van der Waals surface area contributed by atoms with Gasteiger partial charge in [-0.1, -0.05) is 12.1 Å². The Hall–Kier alpha value is -1.09. The maximum atomic E-state index is 12.5. The first-order valence-electron chi connectivity index (χ1n) is 6.78. The van der Waals surface area contributed by atoms with Crippen molar-refractivity contribution in [2.75, 3.05) is 13.1 Å². The van der Waals surface area contributed by atoms with E-state index in [9.17, 15) is 13.5 Å². The summed E-state index contributed by atoms with van der Waals surface area (Å²) in [6.07, 6.45) is 0.934. The van der Waals surface area contributed by atoms with Crippen LogP contribution in [0.4, 0.5) is 0 Å². The van der Waals surface area contributed by atoms with Crippen LogP contribution in [0.25, 0.3) is 11.0 Å². The van der Waals surface area contributed by atoms with Gasteiger partial charge in [-0.25, -0.2) is 12.7 Å². The Labute approximate surface area is 127 Å². The summed E-state index contributed by atoms with van der Waals surface area (Å²) in [5, 5.41) is 9.92. The molecule has 3 rings (SSSR count). The number of piperidine rings is 1. The van der Waals surface area contributed by atoms with Gasteiger partial charge >= 0.3 is 0 Å². The second kappa shape index (κ2) is 5.28. The predicted molar refractivity (Wildman–Crippen MR) is 81.5 cm³/mol. The highest BCUT2D eigenvalue weighted by Gasteiger charge is 2.33. The molecular formula is C13H17N3O3S2. The number of hydrogen-bond acceptors (Lipinski definition) is 6. The van der Waals surface area contributed by atoms with Crippen LogP contribution in [0, 0.1) is 0 Å². The van der Waals surface area contributed by atoms with E-state index in [-0.39, 0.29) is 5.75 Å². The Morgan fingerprint density at radius 2 is 2.05 bits per heavy atom. The van der Waals surface area contributed by atoms with E-state index in [4.69, 9.17) is 0 Å². The van der Waals surface area contributed by atoms with Gasteiger partial charge in [0.05, 0.1) is 23.1 Å². The van der Waals surface area contributed by atoms with Crippen LogP contribution in [0.1, 0.15) is 25.3 Å². The number of rotatable bonds is 3. The molecule has 0 amide bonds. The summed E-state index contributed by atoms with van der Waals surface area (Å²) in [5.41, 5.74) is 1.31. The topological polar surface area (TPSA) is 83.4 Å². The minimum absolute atomic E-state index is 0.0715. The monoisotopic (exact) mass is 327 g/mol. The highest BCUT2D eigenvalue weighted by molar-refractivity contribution is 7.88. The second-order valence-electron chi connectivity index (χ2n) is 5.70. The molecule has 6 nitrogen and oxygen atoms in total. The first-order valence-corrected chi connectivity index (χ1v) is 9.12. The fraction of sp³-hybridized carbons (Fsp3) is 0.538. The SMILES string of the molecule is CC1(O)CCN(S(=O)(=O)Cc2cccc3nsnc23)CC1. The lowest BCUT2D eigenvalue weighted by Crippen LogP contribution is -2.45. The largest absolute Gasteiger partial charge is 0.390 e. The van der Waals surface area contributed by atoms with Crippen molar-refractivity contribution >= 4 is 32.8 Å². The molecule has 0 radical (unpaired) electrons. The van der Waals surface area contributed by atoms with Crippen molar-refractivity contribution in [2.45, 2.75) is 31.1 Å². The van der Waals surface area contributed by atoms with Gasteiger partial charge in [0.15, 0.2) is 0 Å². The number of aliphatic hydroxyl groups is 1. The van der Waals surface area contributed by atoms with E-state index in [2.05, 4.69) is 8.75 Å². The summed E-state index contributed by atoms with van der Waals surface area (Å²) < 4.78 is 34.8. The quantitative estimate of drug-likeness (QED) is 0.920. The van der Waals surface area contributed by atoms with Crippen LogP contribution in [0.3, 0.4) is 0 Å². The Morgan fingerprint density at radius 1 is 1.33 bits per heavy atom. The molecule has 2 aromatic rings. The molecule has 21 heavy (non-hydrogen) atoms. The van der Waals surface area contributed by atoms with Gasteiger partial charge in [0.1, 0.15) is 11.0 Å². The molecule has 1 N–H and O–H groups in total. The minimum atomic E-state index is -3.40. The van der Waals surface area contributed by atoms with Crippen molar-refractivity contribution in [3.05, 3.63) is 23.8 Å². The average molecular weight is 327 g/mol. The van der Waals surface area contributed by atoms with Crippen molar-refractivity contribution < 1.29 is 13.5 Å². The molecule has 8 heteroatoms. The van der Waals surface area contributed by atoms with Gasteiger partial charge in [-0.15, -0.1) is 0 Å². The Bertz CT molecular complexity index is 745. The Morgan fingerprint density at radius 3 is 2.76 bits per heavy atom. The number of aromatic nitrogens is 2. The van der Waals surface area contributed by atoms with Gasteiger partial charge in [-0.05, 0) is 31.4 Å². The van der Waals surface area contributed by atoms with Crippen LogP contribution >= 0.6 is 11.7 Å². The van der Waals surface area contributed by atoms with Crippen molar-refractivity contribution in [1.29, 1.82) is 0 Å². The van der Waals surface area contributed by atoms with Gasteiger partial charge < -0.3 is 5.11 Å². The lowest BCUT2D eigenvalue weighted by molar-refractivity contribution is 0.0126. The molecule has 1 aromatic carbocycles. The van der Waals surface area contributed by atoms with E-state index in [1.54, 1.807) is 19.1 Å². The van der Waals surface area contributed by atoms with Crippen molar-refractivity contribution in [1.82, 2.24) is 13.1 Å². The van der Waals surface area contributed by atoms with E-state index in [0.717, 1.165) is 17.2 Å². The van der Waals surface area contributed by atoms with Gasteiger partial charge in [-0.2, -0.15) is 8.75 Å². The highest BCUT2D eigenvalue weighted by atomic mass is 32.2. The smallest absolute Gasteiger partial charge is 0.218 e. The zero-order valence-electron chi connectivity index (χ0n) is 11.7. The summed E-state index contributed by atoms with van der Waals surface area (Å²) in [6, 6.07) is 5.41. The van der Waals surface area contributed by atoms with E-state index >= 15 is 0 Å². The van der Waals surface area contributed by atoms with Crippen LogP contribution in [-0.2, 0) is 15.8 Å². The Balaban J connectivity index is 1.82. The summed E-state index contributed by atoms with van der Waals surface area (Å²) in [6.45, 7) is 2.47. The molecule has 1 fully saturated rings. The number of hydrogen-bond donors (Lipinski definition) is 1. The molecule has 114 valence electrons. The first-order chi connectivity index (χ1) is 9.87. The fourth-order valence-corrected chi connectivity index (χ4v) is 4.63. The third-order valence-corrected chi connectivity index (χ3v) is 6.27. The van der Waals surface area contributed by atoms with Gasteiger partial charge in [-0.3, -0.25) is 0 Å². The van der Waals surface area contributed by atoms with E-state index < -0.39 is 15.6 Å². The normalized spacial score (nSPS) is 19.9. The average Bonchev–Trinajstić information content (AvgIpc) is 2.87. The van der Waals surface area contributed by atoms with Crippen LogP contribution in [0.2, 0.25) is 0 Å². The van der Waals surface area contributed by atoms with Crippen molar-refractivity contribution in [3.8, 4) is 0 Å². The predicted octanol–water partition coefficient (Wildman–Crippen LogP) is 1.37. The second-order valence-corrected chi connectivity index (χ2v) is 8.20. The Kier molecular flexibility index (Phi) is 3.73. The number of nitrogens with zero attached hydrogens (tertiary/aromatic N) is 3. The third kappa shape index (κ3) is 3.08. The molecule has 0 spiro atoms. The zero-order valence-corrected chi connectivity index (χ0v) is 13.3. The van der Waals surface area contributed by atoms with Gasteiger partial charge in [0.25, 0.3) is 0 Å². The lowest BCUT2D eigenvalue weighted by Gasteiger charge is -2.35. The first kappa shape index (κ1) is 14.8. The number of fused-ring (bicyclic) bond motifs is 1. The van der Waals surface area contributed by atoms with Gasteiger partial charge in [0, 0.05) is 13.1 Å². The molecular weight excluding hydrogens is 310 g/mol. The van der Waals surface area contributed by atoms with Crippen LogP contribution in [0.15, 0.2) is 18.2 Å². The fourth-order valence-electron chi connectivity index (χ4n) is 2.51. The van der Waals surface area contributed by atoms with E-state index in [0.29, 0.717) is 37.0 Å². The maximum Gasteiger partial charge on any atom is 0.218 e. The zero-order chi connectivity index (χ0) is 15.1. The van der Waals surface area contributed by atoms with Crippen molar-refractivity contribution in [2.24, 2.45) is 0 Å². The van der Waals surface area contributed by atoms with E-state index in [1.807, 2.05) is 6.07 Å². The molecule has 1 saturated heterocycles. The number of sulfonamides is 1. The maximum absolute atomic E-state index is 12.5. The molecule has 1 aliphatic heterocycles. The third-order valence-electron chi connectivity index (χ3n) is 3.90. The molecule has 0 saturated carbocycles. The summed E-state index contributed by atoms with van der Waals surface area (Å²) in [5.74, 6) is -0.0715. The van der Waals surface area contributed by atoms with Crippen molar-refractivity contribution in [3.63, 3.8) is 0 Å². The molecule has 0 aliphatic carbocycles. The number of benzene rings is 1. The summed E-state index contributed by atoms with van der Waals surface area (Å²) in [7, 11) is -3.40. The van der Waals surface area contributed by atoms with Crippen LogP contribution in [-0.4, -0.2) is 45.3 Å². The standard InChI is InChI=1S/C13H17N3O3S2/c1-13(17)5-7-16(8-6-13)21(18,19)9-10-3-2-4-11-12(10)15-20-14-11/h2-4,17H,5-9H2,1H3. The molecule has 1 aliphatic rings. The molecule has 0 atom stereocenters. The van der Waals surface area contributed by atoms with Crippen LogP contribution in [0.5, 0.6) is 0 Å². The van der Waals surface area contributed by atoms with E-state index in [1.165, 1.54) is 4.31 Å².